The molecule has 0 aliphatic rings. The van der Waals surface area contributed by atoms with Crippen LogP contribution in [-0.4, -0.2) is 18.9 Å². The predicted molar refractivity (Wildman–Crippen MR) is 83.4 cm³/mol. The number of benzene rings is 2. The monoisotopic (exact) mass is 359 g/mol. The fourth-order valence-electron chi connectivity index (χ4n) is 1.79. The Labute approximate surface area is 141 Å². The van der Waals surface area contributed by atoms with E-state index in [9.17, 15) is 18.0 Å². The first-order chi connectivity index (χ1) is 11.2. The molecule has 0 unspecified atom stereocenters. The van der Waals surface area contributed by atoms with Crippen molar-refractivity contribution in [3.05, 3.63) is 53.1 Å². The molecular formula is C16H13ClF3NO3. The molecule has 2 aromatic carbocycles. The van der Waals surface area contributed by atoms with Crippen LogP contribution < -0.4 is 14.8 Å². The Kier molecular flexibility index (Phi) is 5.56. The summed E-state index contributed by atoms with van der Waals surface area (Å²) < 4.78 is 45.2. The molecule has 0 heterocycles. The number of amides is 1. The van der Waals surface area contributed by atoms with Gasteiger partial charge in [0, 0.05) is 10.7 Å². The number of ether oxygens (including phenoxy) is 2. The molecule has 0 atom stereocenters. The largest absolute Gasteiger partial charge is 0.573 e. The lowest BCUT2D eigenvalue weighted by molar-refractivity contribution is -0.274. The SMILES string of the molecule is Cc1cc(OCC(=O)Nc2ccc(OC(F)(F)F)cc2)ccc1Cl. The van der Waals surface area contributed by atoms with Gasteiger partial charge in [0.05, 0.1) is 0 Å². The van der Waals surface area contributed by atoms with Gasteiger partial charge >= 0.3 is 6.36 Å². The first kappa shape index (κ1) is 17.9. The highest BCUT2D eigenvalue weighted by molar-refractivity contribution is 6.31. The van der Waals surface area contributed by atoms with E-state index in [0.29, 0.717) is 16.5 Å². The van der Waals surface area contributed by atoms with Crippen LogP contribution in [0.2, 0.25) is 5.02 Å². The molecule has 0 aromatic heterocycles. The van der Waals surface area contributed by atoms with Gasteiger partial charge in [0.15, 0.2) is 6.61 Å². The summed E-state index contributed by atoms with van der Waals surface area (Å²) in [6, 6.07) is 9.78. The summed E-state index contributed by atoms with van der Waals surface area (Å²) in [7, 11) is 0. The van der Waals surface area contributed by atoms with Crippen molar-refractivity contribution in [1.82, 2.24) is 0 Å². The van der Waals surface area contributed by atoms with Gasteiger partial charge in [0.25, 0.3) is 5.91 Å². The van der Waals surface area contributed by atoms with Crippen LogP contribution in [0.3, 0.4) is 0 Å². The molecule has 0 aliphatic carbocycles. The number of hydrogen-bond acceptors (Lipinski definition) is 3. The zero-order valence-electron chi connectivity index (χ0n) is 12.5. The number of hydrogen-bond donors (Lipinski definition) is 1. The van der Waals surface area contributed by atoms with E-state index in [0.717, 1.165) is 17.7 Å². The Bertz CT molecular complexity index is 717. The number of rotatable bonds is 5. The van der Waals surface area contributed by atoms with Crippen LogP contribution in [0.25, 0.3) is 0 Å². The second-order valence-corrected chi connectivity index (χ2v) is 5.23. The van der Waals surface area contributed by atoms with Crippen molar-refractivity contribution in [2.75, 3.05) is 11.9 Å². The van der Waals surface area contributed by atoms with E-state index in [1.807, 2.05) is 0 Å². The predicted octanol–water partition coefficient (Wildman–Crippen LogP) is 4.56. The molecule has 0 aliphatic heterocycles. The number of nitrogens with one attached hydrogen (secondary N) is 1. The number of carbonyl (C=O) groups is 1. The van der Waals surface area contributed by atoms with Gasteiger partial charge in [-0.15, -0.1) is 13.2 Å². The Morgan fingerprint density at radius 3 is 2.33 bits per heavy atom. The van der Waals surface area contributed by atoms with Crippen LogP contribution in [-0.2, 0) is 4.79 Å². The molecule has 0 saturated carbocycles. The fraction of sp³-hybridized carbons (Fsp3) is 0.188. The van der Waals surface area contributed by atoms with Gasteiger partial charge in [-0.1, -0.05) is 11.6 Å². The summed E-state index contributed by atoms with van der Waals surface area (Å²) in [4.78, 5) is 11.8. The second kappa shape index (κ2) is 7.44. The van der Waals surface area contributed by atoms with Crippen molar-refractivity contribution in [3.63, 3.8) is 0 Å². The zero-order valence-corrected chi connectivity index (χ0v) is 13.2. The minimum Gasteiger partial charge on any atom is -0.484 e. The van der Waals surface area contributed by atoms with Crippen LogP contribution in [0.15, 0.2) is 42.5 Å². The van der Waals surface area contributed by atoms with E-state index in [2.05, 4.69) is 10.1 Å². The van der Waals surface area contributed by atoms with Gasteiger partial charge < -0.3 is 14.8 Å². The topological polar surface area (TPSA) is 47.6 Å². The average molecular weight is 360 g/mol. The molecule has 1 N–H and O–H groups in total. The Hall–Kier alpha value is -2.41. The van der Waals surface area contributed by atoms with E-state index in [1.54, 1.807) is 25.1 Å². The van der Waals surface area contributed by atoms with Crippen molar-refractivity contribution in [2.45, 2.75) is 13.3 Å². The van der Waals surface area contributed by atoms with Gasteiger partial charge in [-0.05, 0) is 55.0 Å². The van der Waals surface area contributed by atoms with Gasteiger partial charge in [0.1, 0.15) is 11.5 Å². The Balaban J connectivity index is 1.86. The van der Waals surface area contributed by atoms with Crippen LogP contribution in [0, 0.1) is 6.92 Å². The lowest BCUT2D eigenvalue weighted by Crippen LogP contribution is -2.20. The van der Waals surface area contributed by atoms with E-state index in [4.69, 9.17) is 16.3 Å². The molecule has 0 fully saturated rings. The number of aryl methyl sites for hydroxylation is 1. The average Bonchev–Trinajstić information content (AvgIpc) is 2.49. The van der Waals surface area contributed by atoms with E-state index < -0.39 is 12.3 Å². The van der Waals surface area contributed by atoms with E-state index in [1.165, 1.54) is 12.1 Å². The van der Waals surface area contributed by atoms with Crippen molar-refractivity contribution in [3.8, 4) is 11.5 Å². The summed E-state index contributed by atoms with van der Waals surface area (Å²) in [6.07, 6.45) is -4.75. The molecule has 8 heteroatoms. The molecule has 0 radical (unpaired) electrons. The number of halogens is 4. The molecular weight excluding hydrogens is 347 g/mol. The van der Waals surface area contributed by atoms with Crippen LogP contribution >= 0.6 is 11.6 Å². The number of anilines is 1. The van der Waals surface area contributed by atoms with E-state index >= 15 is 0 Å². The molecule has 1 amide bonds. The summed E-state index contributed by atoms with van der Waals surface area (Å²) in [6.45, 7) is 1.56. The van der Waals surface area contributed by atoms with Crippen LogP contribution in [0.4, 0.5) is 18.9 Å². The molecule has 2 rings (SSSR count). The molecule has 0 saturated heterocycles. The second-order valence-electron chi connectivity index (χ2n) is 4.82. The highest BCUT2D eigenvalue weighted by atomic mass is 35.5. The summed E-state index contributed by atoms with van der Waals surface area (Å²) in [5.41, 5.74) is 1.14. The Morgan fingerprint density at radius 2 is 1.75 bits per heavy atom. The lowest BCUT2D eigenvalue weighted by Gasteiger charge is -2.10. The van der Waals surface area contributed by atoms with Crippen molar-refractivity contribution in [2.24, 2.45) is 0 Å². The van der Waals surface area contributed by atoms with Gasteiger partial charge in [0.2, 0.25) is 0 Å². The number of alkyl halides is 3. The zero-order chi connectivity index (χ0) is 17.7. The Morgan fingerprint density at radius 1 is 1.12 bits per heavy atom. The maximum absolute atomic E-state index is 12.1. The minimum absolute atomic E-state index is 0.248. The first-order valence-electron chi connectivity index (χ1n) is 6.77. The first-order valence-corrected chi connectivity index (χ1v) is 7.15. The number of carbonyl (C=O) groups excluding carboxylic acids is 1. The minimum atomic E-state index is -4.75. The molecule has 24 heavy (non-hydrogen) atoms. The standard InChI is InChI=1S/C16H13ClF3NO3/c1-10-8-13(6-7-14(10)17)23-9-15(22)21-11-2-4-12(5-3-11)24-16(18,19)20/h2-8H,9H2,1H3,(H,21,22). The summed E-state index contributed by atoms with van der Waals surface area (Å²) in [5.74, 6) is -0.332. The highest BCUT2D eigenvalue weighted by Crippen LogP contribution is 2.24. The normalized spacial score (nSPS) is 11.0. The third kappa shape index (κ3) is 5.66. The smallest absolute Gasteiger partial charge is 0.484 e. The van der Waals surface area contributed by atoms with Gasteiger partial charge in [-0.25, -0.2) is 0 Å². The quantitative estimate of drug-likeness (QED) is 0.851. The van der Waals surface area contributed by atoms with Crippen molar-refractivity contribution in [1.29, 1.82) is 0 Å². The molecule has 0 bridgehead atoms. The third-order valence-corrected chi connectivity index (χ3v) is 3.30. The summed E-state index contributed by atoms with van der Waals surface area (Å²) in [5, 5.41) is 3.09. The molecule has 128 valence electrons. The van der Waals surface area contributed by atoms with Crippen molar-refractivity contribution < 1.29 is 27.4 Å². The molecule has 0 spiro atoms. The van der Waals surface area contributed by atoms with Crippen LogP contribution in [0.1, 0.15) is 5.56 Å². The fourth-order valence-corrected chi connectivity index (χ4v) is 1.91. The highest BCUT2D eigenvalue weighted by Gasteiger charge is 2.30. The van der Waals surface area contributed by atoms with Gasteiger partial charge in [-0.3, -0.25) is 4.79 Å². The van der Waals surface area contributed by atoms with Crippen LogP contribution in [0.5, 0.6) is 11.5 Å². The van der Waals surface area contributed by atoms with Gasteiger partial charge in [-0.2, -0.15) is 0 Å². The maximum Gasteiger partial charge on any atom is 0.573 e. The molecule has 4 nitrogen and oxygen atoms in total. The van der Waals surface area contributed by atoms with Crippen molar-refractivity contribution >= 4 is 23.2 Å². The van der Waals surface area contributed by atoms with E-state index in [-0.39, 0.29) is 12.4 Å². The lowest BCUT2D eigenvalue weighted by atomic mass is 10.2. The summed E-state index contributed by atoms with van der Waals surface area (Å²) >= 11 is 5.89. The maximum atomic E-state index is 12.1. The molecule has 2 aromatic rings. The third-order valence-electron chi connectivity index (χ3n) is 2.87.